The van der Waals surface area contributed by atoms with Gasteiger partial charge >= 0.3 is 17.9 Å². The molecule has 4 unspecified atom stereocenters. The van der Waals surface area contributed by atoms with Gasteiger partial charge in [0.15, 0.2) is 29.5 Å². The van der Waals surface area contributed by atoms with E-state index in [9.17, 15) is 58.5 Å². The van der Waals surface area contributed by atoms with E-state index < -0.39 is 105 Å². The van der Waals surface area contributed by atoms with Crippen molar-refractivity contribution >= 4 is 50.2 Å². The van der Waals surface area contributed by atoms with E-state index in [0.717, 1.165) is 6.07 Å². The molecule has 0 fully saturated rings. The van der Waals surface area contributed by atoms with Crippen LogP contribution in [0.5, 0.6) is 5.75 Å². The number of cyclic esters (lactones) is 2. The van der Waals surface area contributed by atoms with E-state index in [2.05, 4.69) is 19.7 Å². The first-order valence-corrected chi connectivity index (χ1v) is 15.4. The third-order valence-corrected chi connectivity index (χ3v) is 8.70. The van der Waals surface area contributed by atoms with Gasteiger partial charge in [-0.1, -0.05) is 30.3 Å². The fraction of sp³-hybridized carbons (Fsp3) is 0.233. The van der Waals surface area contributed by atoms with Crippen molar-refractivity contribution in [1.82, 2.24) is 0 Å². The van der Waals surface area contributed by atoms with Gasteiger partial charge in [0.05, 0.1) is 17.2 Å². The van der Waals surface area contributed by atoms with Gasteiger partial charge in [-0.3, -0.25) is 4.18 Å². The van der Waals surface area contributed by atoms with Crippen LogP contribution in [0.3, 0.4) is 0 Å². The van der Waals surface area contributed by atoms with E-state index in [1.54, 1.807) is 24.3 Å². The summed E-state index contributed by atoms with van der Waals surface area (Å²) in [6.07, 6.45) is -7.10. The lowest BCUT2D eigenvalue weighted by molar-refractivity contribution is -0.148. The van der Waals surface area contributed by atoms with Crippen molar-refractivity contribution in [2.24, 2.45) is 10.2 Å². The zero-order chi connectivity index (χ0) is 35.8. The van der Waals surface area contributed by atoms with Gasteiger partial charge in [-0.05, 0) is 36.1 Å². The van der Waals surface area contributed by atoms with E-state index in [1.165, 1.54) is 25.1 Å². The van der Waals surface area contributed by atoms with E-state index in [4.69, 9.17) is 8.92 Å². The Morgan fingerprint density at radius 3 is 2.04 bits per heavy atom. The Balaban J connectivity index is 1.36. The Hall–Kier alpha value is -5.76. The van der Waals surface area contributed by atoms with E-state index in [-0.39, 0.29) is 16.9 Å². The van der Waals surface area contributed by atoms with Crippen LogP contribution < -0.4 is 0 Å². The van der Waals surface area contributed by atoms with E-state index in [0.29, 0.717) is 10.8 Å². The summed E-state index contributed by atoms with van der Waals surface area (Å²) in [5, 5.41) is 78.6. The van der Waals surface area contributed by atoms with Gasteiger partial charge in [0.1, 0.15) is 30.1 Å². The molecule has 0 spiro atoms. The molecule has 5 rings (SSSR count). The zero-order valence-corrected chi connectivity index (χ0v) is 25.8. The number of aromatic hydroxyl groups is 1. The summed E-state index contributed by atoms with van der Waals surface area (Å²) in [5.41, 5.74) is -0.530. The number of phenols is 1. The predicted molar refractivity (Wildman–Crippen MR) is 161 cm³/mol. The molecule has 19 heteroatoms. The number of esters is 3. The number of carbonyl (C=O) groups is 3. The van der Waals surface area contributed by atoms with Crippen LogP contribution in [-0.2, 0) is 38.1 Å². The molecule has 0 bridgehead atoms. The number of phenolic OH excluding ortho intramolecular Hbond substituents is 1. The Morgan fingerprint density at radius 1 is 0.857 bits per heavy atom. The van der Waals surface area contributed by atoms with Crippen LogP contribution in [0.2, 0.25) is 0 Å². The molecule has 0 saturated heterocycles. The molecule has 0 radical (unpaired) electrons. The Labute approximate surface area is 275 Å². The molecule has 3 aromatic rings. The number of nitrogens with zero attached hydrogens (tertiary/aromatic N) is 2. The summed E-state index contributed by atoms with van der Waals surface area (Å²) >= 11 is 0. The number of hydrogen-bond donors (Lipinski definition) is 7. The van der Waals surface area contributed by atoms with Crippen molar-refractivity contribution in [3.05, 3.63) is 82.7 Å². The minimum absolute atomic E-state index is 0.0645. The summed E-state index contributed by atoms with van der Waals surface area (Å²) in [4.78, 5) is 35.3. The van der Waals surface area contributed by atoms with Gasteiger partial charge < -0.3 is 50.0 Å². The van der Waals surface area contributed by atoms with Crippen LogP contribution >= 0.6 is 0 Å². The fourth-order valence-electron chi connectivity index (χ4n) is 4.69. The van der Waals surface area contributed by atoms with Gasteiger partial charge in [-0.25, -0.2) is 14.4 Å². The lowest BCUT2D eigenvalue weighted by Crippen LogP contribution is -2.33. The second kappa shape index (κ2) is 13.4. The highest BCUT2D eigenvalue weighted by Crippen LogP contribution is 2.40. The molecule has 49 heavy (non-hydrogen) atoms. The van der Waals surface area contributed by atoms with Crippen LogP contribution in [0, 0.1) is 6.92 Å². The minimum atomic E-state index is -4.61. The molecule has 2 aliphatic rings. The van der Waals surface area contributed by atoms with Crippen LogP contribution in [-0.4, -0.2) is 99.7 Å². The summed E-state index contributed by atoms with van der Waals surface area (Å²) in [6.45, 7) is -0.376. The normalized spacial score (nSPS) is 19.4. The van der Waals surface area contributed by atoms with Crippen molar-refractivity contribution in [3.8, 4) is 5.75 Å². The summed E-state index contributed by atoms with van der Waals surface area (Å²) in [6, 6.07) is 11.4. The molecule has 2 heterocycles. The molecule has 0 amide bonds. The summed E-state index contributed by atoms with van der Waals surface area (Å²) in [7, 11) is -4.61. The average Bonchev–Trinajstić information content (AvgIpc) is 3.49. The Morgan fingerprint density at radius 2 is 1.45 bits per heavy atom. The molecule has 4 atom stereocenters. The van der Waals surface area contributed by atoms with Crippen molar-refractivity contribution < 1.29 is 76.9 Å². The number of benzene rings is 3. The molecule has 18 nitrogen and oxygen atoms in total. The molecule has 258 valence electrons. The van der Waals surface area contributed by atoms with Crippen LogP contribution in [0.15, 0.2) is 86.7 Å². The zero-order valence-electron chi connectivity index (χ0n) is 24.9. The molecular formula is C30H26N2O16S. The molecule has 0 saturated carbocycles. The largest absolute Gasteiger partial charge is 0.505 e. The van der Waals surface area contributed by atoms with Crippen LogP contribution in [0.4, 0.5) is 11.4 Å². The third kappa shape index (κ3) is 6.81. The van der Waals surface area contributed by atoms with Crippen molar-refractivity contribution in [2.75, 3.05) is 13.2 Å². The van der Waals surface area contributed by atoms with Crippen molar-refractivity contribution in [1.29, 1.82) is 0 Å². The van der Waals surface area contributed by atoms with Crippen molar-refractivity contribution in [3.63, 3.8) is 0 Å². The summed E-state index contributed by atoms with van der Waals surface area (Å²) < 4.78 is 45.2. The Bertz CT molecular complexity index is 2070. The SMILES string of the molecule is Cc1ccc(N=Nc2c(O)c(C(=O)OCC(O)C3OC(=O)C(O)=C3O)cc3ccccc23)cc1S(=O)(=O)OCC(O)C1OC(=O)C(O)=C1O. The number of azo groups is 1. The van der Waals surface area contributed by atoms with Crippen LogP contribution in [0.25, 0.3) is 10.8 Å². The van der Waals surface area contributed by atoms with Gasteiger partial charge in [0, 0.05) is 5.39 Å². The summed E-state index contributed by atoms with van der Waals surface area (Å²) in [5.74, 6) is -8.63. The molecule has 0 aromatic heterocycles. The highest BCUT2D eigenvalue weighted by atomic mass is 32.2. The highest BCUT2D eigenvalue weighted by molar-refractivity contribution is 7.86. The lowest BCUT2D eigenvalue weighted by Gasteiger charge is -2.17. The first-order valence-electron chi connectivity index (χ1n) is 14.0. The van der Waals surface area contributed by atoms with Gasteiger partial charge in [0.25, 0.3) is 10.1 Å². The fourth-order valence-corrected chi connectivity index (χ4v) is 5.87. The molecule has 2 aliphatic heterocycles. The number of aliphatic hydroxyl groups is 6. The first-order chi connectivity index (χ1) is 23.1. The number of rotatable bonds is 11. The second-order valence-corrected chi connectivity index (χ2v) is 12.2. The number of aliphatic hydroxyl groups excluding tert-OH is 6. The third-order valence-electron chi connectivity index (χ3n) is 7.28. The lowest BCUT2D eigenvalue weighted by atomic mass is 10.0. The maximum absolute atomic E-state index is 13.0. The number of hydrogen-bond acceptors (Lipinski definition) is 18. The monoisotopic (exact) mass is 702 g/mol. The average molecular weight is 703 g/mol. The smallest absolute Gasteiger partial charge is 0.377 e. The van der Waals surface area contributed by atoms with E-state index >= 15 is 0 Å². The molecule has 0 aliphatic carbocycles. The maximum atomic E-state index is 13.0. The van der Waals surface area contributed by atoms with Gasteiger partial charge in [-0.2, -0.15) is 13.5 Å². The quantitative estimate of drug-likeness (QED) is 0.0653. The number of aryl methyl sites for hydroxylation is 1. The predicted octanol–water partition coefficient (Wildman–Crippen LogP) is 2.36. The maximum Gasteiger partial charge on any atom is 0.377 e. The van der Waals surface area contributed by atoms with E-state index in [1.807, 2.05) is 0 Å². The number of fused-ring (bicyclic) bond motifs is 1. The second-order valence-electron chi connectivity index (χ2n) is 10.6. The van der Waals surface area contributed by atoms with Gasteiger partial charge in [0.2, 0.25) is 11.5 Å². The molecule has 7 N–H and O–H groups in total. The van der Waals surface area contributed by atoms with Crippen molar-refractivity contribution in [2.45, 2.75) is 36.2 Å². The Kier molecular flexibility index (Phi) is 9.45. The standard InChI is InChI=1S/C30H26N2O16S/c1-12-6-7-14(9-19(12)49(43,44)46-11-18(34)27-23(37)25(39)30(42)48-27)31-32-20-15-5-3-2-4-13(15)8-16(21(20)35)28(40)45-10-17(33)26-22(36)24(38)29(41)47-26/h2-9,17-18,26-27,33-39H,10-11H2,1H3. The van der Waals surface area contributed by atoms with Gasteiger partial charge in [-0.15, -0.1) is 5.11 Å². The number of ether oxygens (including phenoxy) is 3. The highest BCUT2D eigenvalue weighted by Gasteiger charge is 2.41. The first kappa shape index (κ1) is 34.6. The molecular weight excluding hydrogens is 676 g/mol. The van der Waals surface area contributed by atoms with Crippen LogP contribution in [0.1, 0.15) is 15.9 Å². The number of carbonyl (C=O) groups excluding carboxylic acids is 3. The molecule has 3 aromatic carbocycles. The topological polar surface area (TPSA) is 289 Å². The minimum Gasteiger partial charge on any atom is -0.505 e.